The van der Waals surface area contributed by atoms with Gasteiger partial charge in [-0.1, -0.05) is 59.2 Å². The fourth-order valence-corrected chi connectivity index (χ4v) is 7.59. The van der Waals surface area contributed by atoms with Gasteiger partial charge in [-0.25, -0.2) is 13.7 Å². The van der Waals surface area contributed by atoms with Gasteiger partial charge < -0.3 is 29.7 Å². The first-order valence-corrected chi connectivity index (χ1v) is 19.9. The molecule has 1 aliphatic heterocycles. The number of rotatable bonds is 14. The topological polar surface area (TPSA) is 192 Å². The van der Waals surface area contributed by atoms with Gasteiger partial charge in [0.2, 0.25) is 23.6 Å². The van der Waals surface area contributed by atoms with Crippen molar-refractivity contribution in [1.82, 2.24) is 25.2 Å². The Morgan fingerprint density at radius 2 is 1.69 bits per heavy atom. The standard InChI is InChI=1S/C38H57N5O10S/c1-12-24-21-38(24,33(46)42-54(48,49)53-37(10,11)13-2)41-30(44)27-20-25(51-31-26-18-16-15-17-23(26)19-28(39-31)50-14-3)22-43(27)32(45)29(35(4,5)6)40-34(47)52-36(7,8)9/h15-19,24-25,27,29H,12-14,20-22H2,1-11H3,(H,40,47)(H,41,44)(H,42,46)/t24-,25-,27+,29-,38-/m1/s1. The van der Waals surface area contributed by atoms with Crippen LogP contribution in [0.3, 0.4) is 0 Å². The lowest BCUT2D eigenvalue weighted by molar-refractivity contribution is -0.143. The maximum absolute atomic E-state index is 14.6. The van der Waals surface area contributed by atoms with E-state index in [1.54, 1.807) is 68.4 Å². The van der Waals surface area contributed by atoms with E-state index in [1.807, 2.05) is 42.8 Å². The number of carbonyl (C=O) groups excluding carboxylic acids is 4. The van der Waals surface area contributed by atoms with Crippen LogP contribution in [0, 0.1) is 11.3 Å². The number of carbonyl (C=O) groups is 4. The third kappa shape index (κ3) is 10.3. The third-order valence-corrected chi connectivity index (χ3v) is 10.7. The molecule has 54 heavy (non-hydrogen) atoms. The third-order valence-electron chi connectivity index (χ3n) is 9.63. The average molecular weight is 776 g/mol. The number of hydrogen-bond donors (Lipinski definition) is 3. The van der Waals surface area contributed by atoms with E-state index in [0.717, 1.165) is 5.39 Å². The molecule has 0 unspecified atom stereocenters. The minimum Gasteiger partial charge on any atom is -0.478 e. The van der Waals surface area contributed by atoms with Gasteiger partial charge in [-0.05, 0) is 77.2 Å². The Kier molecular flexibility index (Phi) is 12.5. The molecular weight excluding hydrogens is 719 g/mol. The van der Waals surface area contributed by atoms with Crippen LogP contribution in [-0.4, -0.2) is 90.2 Å². The van der Waals surface area contributed by atoms with Crippen LogP contribution in [0.15, 0.2) is 30.3 Å². The van der Waals surface area contributed by atoms with Gasteiger partial charge in [0.1, 0.15) is 29.3 Å². The molecule has 1 aliphatic carbocycles. The number of alkyl carbamates (subject to hydrolysis) is 1. The van der Waals surface area contributed by atoms with Gasteiger partial charge in [0.15, 0.2) is 0 Å². The van der Waals surface area contributed by atoms with E-state index < -0.39 is 74.5 Å². The summed E-state index contributed by atoms with van der Waals surface area (Å²) < 4.78 is 50.6. The molecule has 1 saturated heterocycles. The number of nitrogens with zero attached hydrogens (tertiary/aromatic N) is 2. The number of pyridine rings is 1. The fourth-order valence-electron chi connectivity index (χ4n) is 6.42. The van der Waals surface area contributed by atoms with Crippen molar-refractivity contribution in [1.29, 1.82) is 0 Å². The molecule has 1 aromatic carbocycles. The van der Waals surface area contributed by atoms with Crippen LogP contribution in [0.1, 0.15) is 102 Å². The molecule has 1 aromatic heterocycles. The molecule has 0 bridgehead atoms. The molecule has 16 heteroatoms. The monoisotopic (exact) mass is 775 g/mol. The van der Waals surface area contributed by atoms with E-state index in [9.17, 15) is 27.6 Å². The number of ether oxygens (including phenoxy) is 3. The molecule has 4 rings (SSSR count). The molecule has 0 radical (unpaired) electrons. The first kappa shape index (κ1) is 42.6. The molecule has 2 aliphatic rings. The summed E-state index contributed by atoms with van der Waals surface area (Å²) in [5.41, 5.74) is -4.30. The molecule has 2 heterocycles. The van der Waals surface area contributed by atoms with E-state index in [2.05, 4.69) is 15.6 Å². The molecule has 5 atom stereocenters. The minimum atomic E-state index is -4.53. The molecule has 4 amide bonds. The highest BCUT2D eigenvalue weighted by atomic mass is 32.2. The number of amides is 4. The van der Waals surface area contributed by atoms with Gasteiger partial charge in [0.05, 0.1) is 18.8 Å². The van der Waals surface area contributed by atoms with Crippen LogP contribution in [0.4, 0.5) is 4.79 Å². The van der Waals surface area contributed by atoms with Crippen molar-refractivity contribution in [2.45, 2.75) is 137 Å². The molecule has 2 aromatic rings. The quantitative estimate of drug-likeness (QED) is 0.240. The summed E-state index contributed by atoms with van der Waals surface area (Å²) in [6, 6.07) is 6.93. The van der Waals surface area contributed by atoms with Crippen molar-refractivity contribution < 1.29 is 46.0 Å². The summed E-state index contributed by atoms with van der Waals surface area (Å²) in [4.78, 5) is 61.5. The Balaban J connectivity index is 1.69. The molecular formula is C38H57N5O10S. The molecule has 2 fully saturated rings. The minimum absolute atomic E-state index is 0.00364. The number of nitrogens with one attached hydrogen (secondary N) is 3. The van der Waals surface area contributed by atoms with E-state index in [0.29, 0.717) is 30.7 Å². The predicted molar refractivity (Wildman–Crippen MR) is 202 cm³/mol. The molecule has 15 nitrogen and oxygen atoms in total. The van der Waals surface area contributed by atoms with Crippen LogP contribution >= 0.6 is 0 Å². The van der Waals surface area contributed by atoms with Crippen LogP contribution in [0.2, 0.25) is 0 Å². The van der Waals surface area contributed by atoms with Crippen molar-refractivity contribution in [2.24, 2.45) is 11.3 Å². The summed E-state index contributed by atoms with van der Waals surface area (Å²) in [6.07, 6.45) is -0.558. The summed E-state index contributed by atoms with van der Waals surface area (Å²) in [5, 5.41) is 7.03. The van der Waals surface area contributed by atoms with Gasteiger partial charge >= 0.3 is 16.4 Å². The van der Waals surface area contributed by atoms with Crippen LogP contribution in [0.25, 0.3) is 10.8 Å². The smallest absolute Gasteiger partial charge is 0.408 e. The first-order valence-electron chi connectivity index (χ1n) is 18.5. The van der Waals surface area contributed by atoms with Gasteiger partial charge in [0.25, 0.3) is 5.91 Å². The molecule has 0 spiro atoms. The SMILES string of the molecule is CCOc1cc2ccccc2c(O[C@@H]2C[C@@H](C(=O)N[C@]3(C(=O)NS(=O)(=O)OC(C)(C)CC)C[C@H]3CC)N(C(=O)[C@@H](NC(=O)OC(C)(C)C)C(C)(C)C)C2)n1. The van der Waals surface area contributed by atoms with Gasteiger partial charge in [0, 0.05) is 17.9 Å². The maximum Gasteiger partial charge on any atom is 0.408 e. The number of hydrogen-bond acceptors (Lipinski definition) is 11. The summed E-state index contributed by atoms with van der Waals surface area (Å²) in [7, 11) is -4.53. The van der Waals surface area contributed by atoms with E-state index >= 15 is 0 Å². The van der Waals surface area contributed by atoms with Crippen LogP contribution in [0.5, 0.6) is 11.8 Å². The lowest BCUT2D eigenvalue weighted by Crippen LogP contribution is -2.60. The zero-order chi connectivity index (χ0) is 40.4. The highest BCUT2D eigenvalue weighted by Gasteiger charge is 2.62. The zero-order valence-electron chi connectivity index (χ0n) is 33.3. The predicted octanol–water partition coefficient (Wildman–Crippen LogP) is 4.77. The summed E-state index contributed by atoms with van der Waals surface area (Å²) >= 11 is 0. The second kappa shape index (κ2) is 15.9. The zero-order valence-corrected chi connectivity index (χ0v) is 34.1. The molecule has 300 valence electrons. The second-order valence-electron chi connectivity index (χ2n) is 16.7. The highest BCUT2D eigenvalue weighted by molar-refractivity contribution is 7.85. The van der Waals surface area contributed by atoms with E-state index in [4.69, 9.17) is 18.4 Å². The van der Waals surface area contributed by atoms with E-state index in [-0.39, 0.29) is 31.2 Å². The Labute approximate surface area is 318 Å². The number of benzene rings is 1. The lowest BCUT2D eigenvalue weighted by Gasteiger charge is -2.36. The maximum atomic E-state index is 14.6. The molecule has 3 N–H and O–H groups in total. The molecule has 1 saturated carbocycles. The van der Waals surface area contributed by atoms with Crippen LogP contribution in [-0.2, 0) is 33.6 Å². The number of fused-ring (bicyclic) bond motifs is 1. The lowest BCUT2D eigenvalue weighted by atomic mass is 9.85. The van der Waals surface area contributed by atoms with Gasteiger partial charge in [-0.15, -0.1) is 0 Å². The summed E-state index contributed by atoms with van der Waals surface area (Å²) in [5.74, 6) is -1.96. The van der Waals surface area contributed by atoms with Crippen LogP contribution < -0.4 is 24.8 Å². The van der Waals surface area contributed by atoms with Crippen molar-refractivity contribution in [2.75, 3.05) is 13.2 Å². The Morgan fingerprint density at radius 3 is 2.26 bits per heavy atom. The van der Waals surface area contributed by atoms with Crippen molar-refractivity contribution in [3.63, 3.8) is 0 Å². The largest absolute Gasteiger partial charge is 0.478 e. The van der Waals surface area contributed by atoms with Crippen molar-refractivity contribution in [3.8, 4) is 11.8 Å². The normalized spacial score (nSPS) is 22.3. The van der Waals surface area contributed by atoms with Crippen molar-refractivity contribution >= 4 is 44.9 Å². The Bertz CT molecular complexity index is 1840. The Morgan fingerprint density at radius 1 is 1.02 bits per heavy atom. The van der Waals surface area contributed by atoms with Crippen molar-refractivity contribution in [3.05, 3.63) is 30.3 Å². The van der Waals surface area contributed by atoms with Gasteiger partial charge in [-0.3, -0.25) is 14.4 Å². The summed E-state index contributed by atoms with van der Waals surface area (Å²) in [6.45, 7) is 19.3. The fraction of sp³-hybridized carbons (Fsp3) is 0.658. The average Bonchev–Trinajstić information content (AvgIpc) is 3.60. The first-order chi connectivity index (χ1) is 24.9. The van der Waals surface area contributed by atoms with E-state index in [1.165, 1.54) is 4.90 Å². The Hall–Kier alpha value is -4.18. The number of likely N-dealkylation sites (tertiary alicyclic amines) is 1. The van der Waals surface area contributed by atoms with Gasteiger partial charge in [-0.2, -0.15) is 13.4 Å². The second-order valence-corrected chi connectivity index (χ2v) is 18.0. The number of aromatic nitrogens is 1. The highest BCUT2D eigenvalue weighted by Crippen LogP contribution is 2.46.